The first kappa shape index (κ1) is 13.5. The van der Waals surface area contributed by atoms with Crippen LogP contribution in [-0.2, 0) is 4.79 Å². The van der Waals surface area contributed by atoms with Gasteiger partial charge in [-0.15, -0.1) is 0 Å². The van der Waals surface area contributed by atoms with Crippen LogP contribution < -0.4 is 11.1 Å². The topological polar surface area (TPSA) is 83.8 Å². The molecule has 2 aromatic rings. The number of amides is 1. The summed E-state index contributed by atoms with van der Waals surface area (Å²) in [5, 5.41) is 2.90. The molecule has 5 nitrogen and oxygen atoms in total. The summed E-state index contributed by atoms with van der Waals surface area (Å²) in [5.41, 5.74) is 8.17. The van der Waals surface area contributed by atoms with E-state index >= 15 is 0 Å². The van der Waals surface area contributed by atoms with Crippen molar-refractivity contribution >= 4 is 22.6 Å². The van der Waals surface area contributed by atoms with Gasteiger partial charge in [-0.3, -0.25) is 4.79 Å². The summed E-state index contributed by atoms with van der Waals surface area (Å²) in [4.78, 5) is 19.3. The van der Waals surface area contributed by atoms with E-state index < -0.39 is 0 Å². The van der Waals surface area contributed by atoms with E-state index in [0.29, 0.717) is 18.9 Å². The van der Waals surface area contributed by atoms with Gasteiger partial charge in [0.05, 0.1) is 11.0 Å². The first-order valence-electron chi connectivity index (χ1n) is 6.55. The number of aromatic nitrogens is 2. The Morgan fingerprint density at radius 2 is 2.32 bits per heavy atom. The summed E-state index contributed by atoms with van der Waals surface area (Å²) in [6.45, 7) is 4.58. The summed E-state index contributed by atoms with van der Waals surface area (Å²) in [6.07, 6.45) is 1.31. The van der Waals surface area contributed by atoms with Crippen molar-refractivity contribution in [3.05, 3.63) is 24.0 Å². The fourth-order valence-corrected chi connectivity index (χ4v) is 1.93. The van der Waals surface area contributed by atoms with Crippen molar-refractivity contribution < 1.29 is 4.79 Å². The van der Waals surface area contributed by atoms with Crippen LogP contribution in [0.3, 0.4) is 0 Å². The molecule has 0 aliphatic rings. The average molecular weight is 260 g/mol. The minimum Gasteiger partial charge on any atom is -0.342 e. The van der Waals surface area contributed by atoms with E-state index in [2.05, 4.69) is 15.3 Å². The third-order valence-corrected chi connectivity index (χ3v) is 3.15. The minimum absolute atomic E-state index is 0.0240. The van der Waals surface area contributed by atoms with Crippen LogP contribution in [-0.4, -0.2) is 22.4 Å². The molecule has 0 radical (unpaired) electrons. The van der Waals surface area contributed by atoms with E-state index in [1.807, 2.05) is 32.0 Å². The number of H-pyrrole nitrogens is 1. The number of aryl methyl sites for hydroxylation is 1. The Labute approximate surface area is 112 Å². The molecule has 5 heteroatoms. The molecular weight excluding hydrogens is 240 g/mol. The van der Waals surface area contributed by atoms with Gasteiger partial charge in [-0.05, 0) is 44.0 Å². The number of aromatic amines is 1. The van der Waals surface area contributed by atoms with Gasteiger partial charge in [-0.1, -0.05) is 6.92 Å². The number of hydrogen-bond donors (Lipinski definition) is 3. The number of anilines is 1. The van der Waals surface area contributed by atoms with Gasteiger partial charge in [0.15, 0.2) is 0 Å². The fraction of sp³-hybridized carbons (Fsp3) is 0.429. The summed E-state index contributed by atoms with van der Waals surface area (Å²) in [5.74, 6) is 1.27. The van der Waals surface area contributed by atoms with Gasteiger partial charge < -0.3 is 16.0 Å². The molecule has 1 atom stereocenters. The van der Waals surface area contributed by atoms with Gasteiger partial charge >= 0.3 is 0 Å². The Bertz CT molecular complexity index is 576. The molecule has 1 amide bonds. The highest BCUT2D eigenvalue weighted by Gasteiger charge is 2.07. The quantitative estimate of drug-likeness (QED) is 0.770. The van der Waals surface area contributed by atoms with Gasteiger partial charge in [0.25, 0.3) is 0 Å². The van der Waals surface area contributed by atoms with Crippen molar-refractivity contribution in [2.24, 2.45) is 11.7 Å². The number of imidazole rings is 1. The number of nitrogens with one attached hydrogen (secondary N) is 2. The first-order valence-corrected chi connectivity index (χ1v) is 6.55. The molecule has 0 aliphatic heterocycles. The molecule has 0 saturated carbocycles. The summed E-state index contributed by atoms with van der Waals surface area (Å²) < 4.78 is 0. The van der Waals surface area contributed by atoms with Crippen LogP contribution >= 0.6 is 0 Å². The zero-order chi connectivity index (χ0) is 13.8. The zero-order valence-electron chi connectivity index (χ0n) is 11.4. The summed E-state index contributed by atoms with van der Waals surface area (Å²) >= 11 is 0. The highest BCUT2D eigenvalue weighted by atomic mass is 16.1. The maximum absolute atomic E-state index is 11.8. The predicted molar refractivity (Wildman–Crippen MR) is 76.9 cm³/mol. The molecule has 0 spiro atoms. The molecule has 0 bridgehead atoms. The number of hydrogen-bond acceptors (Lipinski definition) is 3. The smallest absolute Gasteiger partial charge is 0.224 e. The monoisotopic (exact) mass is 260 g/mol. The first-order chi connectivity index (χ1) is 9.08. The number of rotatable bonds is 5. The van der Waals surface area contributed by atoms with Crippen LogP contribution in [0.1, 0.15) is 25.6 Å². The van der Waals surface area contributed by atoms with Crippen LogP contribution in [0.25, 0.3) is 11.0 Å². The Morgan fingerprint density at radius 1 is 1.53 bits per heavy atom. The van der Waals surface area contributed by atoms with Crippen LogP contribution in [0.15, 0.2) is 18.2 Å². The third-order valence-electron chi connectivity index (χ3n) is 3.15. The molecular formula is C14H20N4O. The second-order valence-electron chi connectivity index (χ2n) is 4.98. The van der Waals surface area contributed by atoms with Crippen molar-refractivity contribution in [3.63, 3.8) is 0 Å². The molecule has 102 valence electrons. The minimum atomic E-state index is 0.0240. The number of benzene rings is 1. The molecule has 1 heterocycles. The molecule has 2 rings (SSSR count). The Kier molecular flexibility index (Phi) is 4.16. The molecule has 19 heavy (non-hydrogen) atoms. The van der Waals surface area contributed by atoms with Crippen molar-refractivity contribution in [2.75, 3.05) is 11.9 Å². The van der Waals surface area contributed by atoms with Gasteiger partial charge in [0.2, 0.25) is 5.91 Å². The Hall–Kier alpha value is -1.88. The molecule has 4 N–H and O–H groups in total. The molecule has 1 unspecified atom stereocenters. The number of nitrogens with zero attached hydrogens (tertiary/aromatic N) is 1. The van der Waals surface area contributed by atoms with Crippen molar-refractivity contribution in [3.8, 4) is 0 Å². The second-order valence-corrected chi connectivity index (χ2v) is 4.98. The van der Waals surface area contributed by atoms with Crippen molar-refractivity contribution in [2.45, 2.75) is 26.7 Å². The predicted octanol–water partition coefficient (Wildman–Crippen LogP) is 2.18. The standard InChI is InChI=1S/C14H20N4O/c1-9(8-15)3-6-14(19)18-11-4-5-12-13(7-11)17-10(2)16-12/h4-5,7,9H,3,6,8,15H2,1-2H3,(H,16,17)(H,18,19). The molecule has 0 fully saturated rings. The van der Waals surface area contributed by atoms with Gasteiger partial charge in [-0.2, -0.15) is 0 Å². The van der Waals surface area contributed by atoms with Gasteiger partial charge in [0, 0.05) is 12.1 Å². The molecule has 1 aromatic heterocycles. The SMILES string of the molecule is Cc1nc2ccc(NC(=O)CCC(C)CN)cc2[nH]1. The third kappa shape index (κ3) is 3.54. The van der Waals surface area contributed by atoms with Crippen molar-refractivity contribution in [1.29, 1.82) is 0 Å². The van der Waals surface area contributed by atoms with Gasteiger partial charge in [0.1, 0.15) is 5.82 Å². The van der Waals surface area contributed by atoms with E-state index in [1.165, 1.54) is 0 Å². The lowest BCUT2D eigenvalue weighted by atomic mass is 10.1. The lowest BCUT2D eigenvalue weighted by molar-refractivity contribution is -0.116. The van der Waals surface area contributed by atoms with Gasteiger partial charge in [-0.25, -0.2) is 4.98 Å². The van der Waals surface area contributed by atoms with Crippen LogP contribution in [0.2, 0.25) is 0 Å². The summed E-state index contributed by atoms with van der Waals surface area (Å²) in [7, 11) is 0. The number of carbonyl (C=O) groups is 1. The van der Waals surface area contributed by atoms with E-state index in [4.69, 9.17) is 5.73 Å². The maximum Gasteiger partial charge on any atom is 0.224 e. The highest BCUT2D eigenvalue weighted by molar-refractivity contribution is 5.93. The van der Waals surface area contributed by atoms with E-state index in [-0.39, 0.29) is 5.91 Å². The highest BCUT2D eigenvalue weighted by Crippen LogP contribution is 2.17. The number of fused-ring (bicyclic) bond motifs is 1. The van der Waals surface area contributed by atoms with Crippen LogP contribution in [0, 0.1) is 12.8 Å². The Balaban J connectivity index is 1.98. The lowest BCUT2D eigenvalue weighted by Gasteiger charge is -2.08. The second kappa shape index (κ2) is 5.84. The molecule has 1 aromatic carbocycles. The summed E-state index contributed by atoms with van der Waals surface area (Å²) in [6, 6.07) is 5.67. The number of carbonyl (C=O) groups excluding carboxylic acids is 1. The number of nitrogens with two attached hydrogens (primary N) is 1. The average Bonchev–Trinajstić information content (AvgIpc) is 2.75. The maximum atomic E-state index is 11.8. The van der Waals surface area contributed by atoms with Crippen LogP contribution in [0.5, 0.6) is 0 Å². The largest absolute Gasteiger partial charge is 0.342 e. The zero-order valence-corrected chi connectivity index (χ0v) is 11.4. The molecule has 0 aliphatic carbocycles. The van der Waals surface area contributed by atoms with Crippen molar-refractivity contribution in [1.82, 2.24) is 9.97 Å². The van der Waals surface area contributed by atoms with E-state index in [1.54, 1.807) is 0 Å². The van der Waals surface area contributed by atoms with Crippen LogP contribution in [0.4, 0.5) is 5.69 Å². The Morgan fingerprint density at radius 3 is 3.05 bits per heavy atom. The molecule has 0 saturated heterocycles. The lowest BCUT2D eigenvalue weighted by Crippen LogP contribution is -2.16. The normalized spacial score (nSPS) is 12.6. The van der Waals surface area contributed by atoms with E-state index in [9.17, 15) is 4.79 Å². The van der Waals surface area contributed by atoms with E-state index in [0.717, 1.165) is 29.0 Å². The fourth-order valence-electron chi connectivity index (χ4n) is 1.93.